The SMILES string of the molecule is COc1cccc(N2CCN(S(=O)(=O)c3ccc4c(c3)C(=C3CCCC3)C(=O)N4)CC2)c1. The summed E-state index contributed by atoms with van der Waals surface area (Å²) in [6.45, 7) is 2.02. The fourth-order valence-electron chi connectivity index (χ4n) is 4.85. The predicted molar refractivity (Wildman–Crippen MR) is 124 cm³/mol. The van der Waals surface area contributed by atoms with Crippen molar-refractivity contribution in [3.8, 4) is 5.75 Å². The first-order chi connectivity index (χ1) is 15.5. The molecular weight excluding hydrogens is 426 g/mol. The van der Waals surface area contributed by atoms with Gasteiger partial charge in [-0.25, -0.2) is 8.42 Å². The van der Waals surface area contributed by atoms with Crippen LogP contribution in [0.1, 0.15) is 31.2 Å². The summed E-state index contributed by atoms with van der Waals surface area (Å²) in [5.74, 6) is 0.671. The van der Waals surface area contributed by atoms with E-state index in [2.05, 4.69) is 10.2 Å². The van der Waals surface area contributed by atoms with Gasteiger partial charge in [0.15, 0.2) is 0 Å². The Hall–Kier alpha value is -2.84. The smallest absolute Gasteiger partial charge is 0.256 e. The Kier molecular flexibility index (Phi) is 5.43. The molecule has 1 saturated heterocycles. The summed E-state index contributed by atoms with van der Waals surface area (Å²) >= 11 is 0. The number of anilines is 2. The van der Waals surface area contributed by atoms with E-state index in [-0.39, 0.29) is 10.8 Å². The Labute approximate surface area is 188 Å². The number of amides is 1. The minimum absolute atomic E-state index is 0.113. The van der Waals surface area contributed by atoms with Crippen molar-refractivity contribution >= 4 is 32.9 Å². The topological polar surface area (TPSA) is 79.0 Å². The molecule has 2 fully saturated rings. The molecule has 32 heavy (non-hydrogen) atoms. The first kappa shape index (κ1) is 21.0. The monoisotopic (exact) mass is 453 g/mol. The molecule has 2 aliphatic heterocycles. The number of ether oxygens (including phenoxy) is 1. The maximum absolute atomic E-state index is 13.4. The van der Waals surface area contributed by atoms with Gasteiger partial charge in [-0.2, -0.15) is 4.31 Å². The molecule has 0 unspecified atom stereocenters. The van der Waals surface area contributed by atoms with E-state index in [1.54, 1.807) is 25.3 Å². The standard InChI is InChI=1S/C24H27N3O4S/c1-31-19-8-4-7-18(15-19)26-11-13-27(14-12-26)32(29,30)20-9-10-22-21(16-20)23(24(28)25-22)17-5-2-3-6-17/h4,7-10,15-16H,2-3,5-6,11-14H2,1H3,(H,25,28). The zero-order valence-corrected chi connectivity index (χ0v) is 19.0. The van der Waals surface area contributed by atoms with Crippen LogP contribution in [0.15, 0.2) is 52.9 Å². The molecule has 2 aromatic carbocycles. The van der Waals surface area contributed by atoms with Crippen molar-refractivity contribution < 1.29 is 17.9 Å². The number of methoxy groups -OCH3 is 1. The van der Waals surface area contributed by atoms with Gasteiger partial charge in [0.1, 0.15) is 5.75 Å². The lowest BCUT2D eigenvalue weighted by Gasteiger charge is -2.35. The fraction of sp³-hybridized carbons (Fsp3) is 0.375. The predicted octanol–water partition coefficient (Wildman–Crippen LogP) is 3.49. The number of rotatable bonds is 4. The summed E-state index contributed by atoms with van der Waals surface area (Å²) in [7, 11) is -2.01. The molecule has 0 spiro atoms. The van der Waals surface area contributed by atoms with Crippen molar-refractivity contribution in [1.29, 1.82) is 0 Å². The minimum atomic E-state index is -3.65. The molecule has 2 heterocycles. The number of nitrogens with one attached hydrogen (secondary N) is 1. The number of fused-ring (bicyclic) bond motifs is 1. The lowest BCUT2D eigenvalue weighted by molar-refractivity contribution is -0.110. The molecule has 0 bridgehead atoms. The van der Waals surface area contributed by atoms with Gasteiger partial charge in [0.05, 0.1) is 12.0 Å². The van der Waals surface area contributed by atoms with Crippen LogP contribution in [-0.2, 0) is 14.8 Å². The van der Waals surface area contributed by atoms with Crippen LogP contribution in [0.5, 0.6) is 5.75 Å². The first-order valence-corrected chi connectivity index (χ1v) is 12.5. The van der Waals surface area contributed by atoms with Gasteiger partial charge in [-0.05, 0) is 56.0 Å². The second-order valence-corrected chi connectivity index (χ2v) is 10.4. The highest BCUT2D eigenvalue weighted by atomic mass is 32.2. The summed E-state index contributed by atoms with van der Waals surface area (Å²) in [4.78, 5) is 15.0. The molecule has 8 heteroatoms. The van der Waals surface area contributed by atoms with E-state index in [0.717, 1.165) is 48.3 Å². The summed E-state index contributed by atoms with van der Waals surface area (Å²) in [6, 6.07) is 12.8. The van der Waals surface area contributed by atoms with Crippen molar-refractivity contribution in [2.75, 3.05) is 43.5 Å². The van der Waals surface area contributed by atoms with E-state index >= 15 is 0 Å². The number of hydrogen-bond acceptors (Lipinski definition) is 5. The molecule has 1 N–H and O–H groups in total. The number of piperazine rings is 1. The summed E-state index contributed by atoms with van der Waals surface area (Å²) < 4.78 is 33.7. The lowest BCUT2D eigenvalue weighted by Crippen LogP contribution is -2.48. The Morgan fingerprint density at radius 3 is 2.44 bits per heavy atom. The Morgan fingerprint density at radius 2 is 1.72 bits per heavy atom. The van der Waals surface area contributed by atoms with Gasteiger partial charge in [0, 0.05) is 54.8 Å². The van der Waals surface area contributed by atoms with Crippen LogP contribution in [0, 0.1) is 0 Å². The highest BCUT2D eigenvalue weighted by Gasteiger charge is 2.33. The van der Waals surface area contributed by atoms with Gasteiger partial charge in [0.2, 0.25) is 10.0 Å². The largest absolute Gasteiger partial charge is 0.497 e. The third kappa shape index (κ3) is 3.67. The lowest BCUT2D eigenvalue weighted by atomic mass is 10.00. The zero-order chi connectivity index (χ0) is 22.3. The van der Waals surface area contributed by atoms with Gasteiger partial charge in [-0.15, -0.1) is 0 Å². The van der Waals surface area contributed by atoms with Crippen molar-refractivity contribution in [1.82, 2.24) is 4.31 Å². The van der Waals surface area contributed by atoms with Crippen LogP contribution in [-0.4, -0.2) is 51.9 Å². The van der Waals surface area contributed by atoms with Gasteiger partial charge >= 0.3 is 0 Å². The average Bonchev–Trinajstić information content (AvgIpc) is 3.45. The number of carbonyl (C=O) groups excluding carboxylic acids is 1. The normalized spacial score (nSPS) is 19.3. The molecule has 0 atom stereocenters. The van der Waals surface area contributed by atoms with Crippen molar-refractivity contribution in [3.63, 3.8) is 0 Å². The zero-order valence-electron chi connectivity index (χ0n) is 18.1. The molecule has 1 saturated carbocycles. The van der Waals surface area contributed by atoms with Gasteiger partial charge in [0.25, 0.3) is 5.91 Å². The molecule has 7 nitrogen and oxygen atoms in total. The van der Waals surface area contributed by atoms with Crippen molar-refractivity contribution in [3.05, 3.63) is 53.6 Å². The van der Waals surface area contributed by atoms with Crippen molar-refractivity contribution in [2.24, 2.45) is 0 Å². The molecule has 0 aromatic heterocycles. The molecule has 2 aromatic rings. The summed E-state index contributed by atoms with van der Waals surface area (Å²) in [5, 5.41) is 2.89. The third-order valence-corrected chi connectivity index (χ3v) is 8.49. The number of nitrogens with zero attached hydrogens (tertiary/aromatic N) is 2. The highest BCUT2D eigenvalue weighted by Crippen LogP contribution is 2.40. The second-order valence-electron chi connectivity index (χ2n) is 8.44. The van der Waals surface area contributed by atoms with E-state index in [1.807, 2.05) is 24.3 Å². The third-order valence-electron chi connectivity index (χ3n) is 6.59. The number of sulfonamides is 1. The van der Waals surface area contributed by atoms with E-state index in [4.69, 9.17) is 4.74 Å². The minimum Gasteiger partial charge on any atom is -0.497 e. The summed E-state index contributed by atoms with van der Waals surface area (Å²) in [5.41, 5.74) is 4.27. The van der Waals surface area contributed by atoms with Crippen molar-refractivity contribution in [2.45, 2.75) is 30.6 Å². The maximum Gasteiger partial charge on any atom is 0.256 e. The molecule has 0 radical (unpaired) electrons. The number of benzene rings is 2. The van der Waals surface area contributed by atoms with E-state index < -0.39 is 10.0 Å². The maximum atomic E-state index is 13.4. The molecule has 1 aliphatic carbocycles. The quantitative estimate of drug-likeness (QED) is 0.717. The van der Waals surface area contributed by atoms with Crippen LogP contribution < -0.4 is 15.0 Å². The van der Waals surface area contributed by atoms with Crippen LogP contribution in [0.3, 0.4) is 0 Å². The molecular formula is C24H27N3O4S. The highest BCUT2D eigenvalue weighted by molar-refractivity contribution is 7.89. The Bertz CT molecular complexity index is 1190. The van der Waals surface area contributed by atoms with E-state index in [9.17, 15) is 13.2 Å². The number of hydrogen-bond donors (Lipinski definition) is 1. The average molecular weight is 454 g/mol. The van der Waals surface area contributed by atoms with Gasteiger partial charge < -0.3 is 15.0 Å². The first-order valence-electron chi connectivity index (χ1n) is 11.0. The Morgan fingerprint density at radius 1 is 0.969 bits per heavy atom. The fourth-order valence-corrected chi connectivity index (χ4v) is 6.30. The van der Waals surface area contributed by atoms with Crippen LogP contribution >= 0.6 is 0 Å². The molecule has 5 rings (SSSR count). The molecule has 1 amide bonds. The van der Waals surface area contributed by atoms with E-state index in [0.29, 0.717) is 37.4 Å². The number of allylic oxidation sites excluding steroid dienone is 1. The summed E-state index contributed by atoms with van der Waals surface area (Å²) in [6.07, 6.45) is 3.98. The van der Waals surface area contributed by atoms with Gasteiger partial charge in [-0.3, -0.25) is 4.79 Å². The molecule has 3 aliphatic rings. The number of carbonyl (C=O) groups is 1. The van der Waals surface area contributed by atoms with Crippen LogP contribution in [0.25, 0.3) is 5.57 Å². The second kappa shape index (κ2) is 8.26. The van der Waals surface area contributed by atoms with Crippen LogP contribution in [0.2, 0.25) is 0 Å². The molecule has 168 valence electrons. The van der Waals surface area contributed by atoms with E-state index in [1.165, 1.54) is 4.31 Å². The van der Waals surface area contributed by atoms with Crippen LogP contribution in [0.4, 0.5) is 11.4 Å². The Balaban J connectivity index is 1.37. The van der Waals surface area contributed by atoms with Gasteiger partial charge in [-0.1, -0.05) is 11.6 Å².